The molecule has 0 amide bonds. The van der Waals surface area contributed by atoms with Crippen molar-refractivity contribution < 1.29 is 4.74 Å². The molecular weight excluding hydrogens is 240 g/mol. The fourth-order valence-corrected chi connectivity index (χ4v) is 2.91. The molecule has 1 aromatic heterocycles. The molecule has 1 heterocycles. The smallest absolute Gasteiger partial charge is 0.234 e. The van der Waals surface area contributed by atoms with Crippen LogP contribution in [0.3, 0.4) is 0 Å². The molecule has 0 aromatic carbocycles. The summed E-state index contributed by atoms with van der Waals surface area (Å²) in [4.78, 5) is 8.59. The summed E-state index contributed by atoms with van der Waals surface area (Å²) >= 11 is 0. The van der Waals surface area contributed by atoms with Crippen LogP contribution in [0.5, 0.6) is 5.88 Å². The maximum absolute atomic E-state index is 6.00. The molecule has 2 atom stereocenters. The van der Waals surface area contributed by atoms with Gasteiger partial charge in [0.1, 0.15) is 5.82 Å². The van der Waals surface area contributed by atoms with E-state index >= 15 is 0 Å². The standard InChI is InChI=1S/C14H24N4O/c1-3-19-13-9-16-8-12(17-13)18-14(10-15)6-4-5-11(2)7-14/h8-9,11H,3-7,10,15H2,1-2H3,(H,17,18). The SMILES string of the molecule is CCOc1cncc(NC2(CN)CCCC(C)C2)n1. The van der Waals surface area contributed by atoms with Crippen LogP contribution in [0.2, 0.25) is 0 Å². The van der Waals surface area contributed by atoms with Crippen LogP contribution >= 0.6 is 0 Å². The van der Waals surface area contributed by atoms with Gasteiger partial charge in [0.05, 0.1) is 24.5 Å². The Hall–Kier alpha value is -1.36. The van der Waals surface area contributed by atoms with Crippen LogP contribution in [-0.4, -0.2) is 28.7 Å². The van der Waals surface area contributed by atoms with Crippen molar-refractivity contribution in [3.05, 3.63) is 12.4 Å². The molecule has 2 rings (SSSR count). The van der Waals surface area contributed by atoms with Crippen molar-refractivity contribution in [2.75, 3.05) is 18.5 Å². The Balaban J connectivity index is 2.11. The fourth-order valence-electron chi connectivity index (χ4n) is 2.91. The van der Waals surface area contributed by atoms with E-state index in [2.05, 4.69) is 22.2 Å². The number of rotatable bonds is 5. The van der Waals surface area contributed by atoms with E-state index < -0.39 is 0 Å². The van der Waals surface area contributed by atoms with E-state index in [1.807, 2.05) is 6.92 Å². The quantitative estimate of drug-likeness (QED) is 0.853. The molecule has 0 bridgehead atoms. The zero-order chi connectivity index (χ0) is 13.7. The molecule has 5 heteroatoms. The Morgan fingerprint density at radius 1 is 1.53 bits per heavy atom. The highest BCUT2D eigenvalue weighted by Crippen LogP contribution is 2.34. The molecule has 1 saturated carbocycles. The summed E-state index contributed by atoms with van der Waals surface area (Å²) in [6, 6.07) is 0. The van der Waals surface area contributed by atoms with Crippen LogP contribution in [0, 0.1) is 5.92 Å². The third-order valence-corrected chi connectivity index (χ3v) is 3.78. The summed E-state index contributed by atoms with van der Waals surface area (Å²) in [5.41, 5.74) is 5.96. The first kappa shape index (κ1) is 14.1. The van der Waals surface area contributed by atoms with Gasteiger partial charge in [-0.2, -0.15) is 4.98 Å². The van der Waals surface area contributed by atoms with Gasteiger partial charge in [0.15, 0.2) is 0 Å². The predicted octanol–water partition coefficient (Wildman–Crippen LogP) is 2.19. The maximum atomic E-state index is 6.00. The zero-order valence-corrected chi connectivity index (χ0v) is 11.9. The first-order valence-electron chi connectivity index (χ1n) is 7.10. The number of nitrogens with zero attached hydrogens (tertiary/aromatic N) is 2. The molecule has 0 radical (unpaired) electrons. The Morgan fingerprint density at radius 3 is 3.05 bits per heavy atom. The van der Waals surface area contributed by atoms with Gasteiger partial charge in [-0.1, -0.05) is 19.8 Å². The predicted molar refractivity (Wildman–Crippen MR) is 76.2 cm³/mol. The summed E-state index contributed by atoms with van der Waals surface area (Å²) in [7, 11) is 0. The minimum Gasteiger partial charge on any atom is -0.477 e. The minimum absolute atomic E-state index is 0.0445. The number of ether oxygens (including phenoxy) is 1. The molecule has 1 fully saturated rings. The van der Waals surface area contributed by atoms with Crippen molar-refractivity contribution in [1.29, 1.82) is 0 Å². The highest BCUT2D eigenvalue weighted by molar-refractivity contribution is 5.37. The lowest BCUT2D eigenvalue weighted by Gasteiger charge is -2.40. The average molecular weight is 264 g/mol. The molecule has 0 saturated heterocycles. The maximum Gasteiger partial charge on any atom is 0.234 e. The first-order chi connectivity index (χ1) is 9.17. The highest BCUT2D eigenvalue weighted by atomic mass is 16.5. The Kier molecular flexibility index (Phi) is 4.58. The Labute approximate surface area is 115 Å². The molecule has 3 N–H and O–H groups in total. The lowest BCUT2D eigenvalue weighted by molar-refractivity contribution is 0.263. The fraction of sp³-hybridized carbons (Fsp3) is 0.714. The lowest BCUT2D eigenvalue weighted by atomic mass is 9.76. The first-order valence-corrected chi connectivity index (χ1v) is 7.10. The van der Waals surface area contributed by atoms with E-state index in [1.54, 1.807) is 12.4 Å². The molecule has 0 aliphatic heterocycles. The summed E-state index contributed by atoms with van der Waals surface area (Å²) in [6.07, 6.45) is 8.04. The molecule has 5 nitrogen and oxygen atoms in total. The number of aromatic nitrogens is 2. The second kappa shape index (κ2) is 6.19. The van der Waals surface area contributed by atoms with Gasteiger partial charge in [0, 0.05) is 6.54 Å². The van der Waals surface area contributed by atoms with Crippen LogP contribution in [0.1, 0.15) is 39.5 Å². The molecule has 1 aliphatic rings. The molecule has 19 heavy (non-hydrogen) atoms. The number of nitrogens with two attached hydrogens (primary N) is 1. The van der Waals surface area contributed by atoms with Crippen LogP contribution in [0.25, 0.3) is 0 Å². The van der Waals surface area contributed by atoms with E-state index in [0.717, 1.165) is 18.7 Å². The molecule has 1 aromatic rings. The second-order valence-electron chi connectivity index (χ2n) is 5.49. The van der Waals surface area contributed by atoms with Gasteiger partial charge in [0.25, 0.3) is 0 Å². The topological polar surface area (TPSA) is 73.1 Å². The van der Waals surface area contributed by atoms with Crippen LogP contribution in [0.15, 0.2) is 12.4 Å². The van der Waals surface area contributed by atoms with Crippen molar-refractivity contribution in [2.24, 2.45) is 11.7 Å². The zero-order valence-electron chi connectivity index (χ0n) is 11.9. The number of nitrogens with one attached hydrogen (secondary N) is 1. The largest absolute Gasteiger partial charge is 0.477 e. The number of anilines is 1. The number of hydrogen-bond donors (Lipinski definition) is 2. The Bertz CT molecular complexity index is 412. The normalized spacial score (nSPS) is 27.0. The van der Waals surface area contributed by atoms with Gasteiger partial charge in [-0.25, -0.2) is 0 Å². The van der Waals surface area contributed by atoms with Crippen molar-refractivity contribution in [2.45, 2.75) is 45.1 Å². The third kappa shape index (κ3) is 3.56. The average Bonchev–Trinajstić information content (AvgIpc) is 2.39. The lowest BCUT2D eigenvalue weighted by Crippen LogP contribution is -2.48. The van der Waals surface area contributed by atoms with Crippen LogP contribution < -0.4 is 15.8 Å². The molecule has 2 unspecified atom stereocenters. The molecular formula is C14H24N4O. The van der Waals surface area contributed by atoms with E-state index in [0.29, 0.717) is 24.9 Å². The van der Waals surface area contributed by atoms with Crippen LogP contribution in [0.4, 0.5) is 5.82 Å². The minimum atomic E-state index is -0.0445. The van der Waals surface area contributed by atoms with Crippen molar-refractivity contribution in [1.82, 2.24) is 9.97 Å². The van der Waals surface area contributed by atoms with Gasteiger partial charge >= 0.3 is 0 Å². The van der Waals surface area contributed by atoms with E-state index in [4.69, 9.17) is 10.5 Å². The molecule has 106 valence electrons. The van der Waals surface area contributed by atoms with Gasteiger partial charge in [0.2, 0.25) is 5.88 Å². The summed E-state index contributed by atoms with van der Waals surface area (Å²) in [5.74, 6) is 2.02. The highest BCUT2D eigenvalue weighted by Gasteiger charge is 2.34. The molecule has 1 aliphatic carbocycles. The van der Waals surface area contributed by atoms with Crippen LogP contribution in [-0.2, 0) is 0 Å². The summed E-state index contributed by atoms with van der Waals surface area (Å²) in [5, 5.41) is 3.49. The summed E-state index contributed by atoms with van der Waals surface area (Å²) < 4.78 is 5.38. The van der Waals surface area contributed by atoms with Gasteiger partial charge in [-0.05, 0) is 25.7 Å². The van der Waals surface area contributed by atoms with E-state index in [9.17, 15) is 0 Å². The second-order valence-corrected chi connectivity index (χ2v) is 5.49. The van der Waals surface area contributed by atoms with Gasteiger partial charge in [-0.3, -0.25) is 4.98 Å². The van der Waals surface area contributed by atoms with Crippen molar-refractivity contribution in [3.63, 3.8) is 0 Å². The van der Waals surface area contributed by atoms with Crippen molar-refractivity contribution >= 4 is 5.82 Å². The van der Waals surface area contributed by atoms with Gasteiger partial charge < -0.3 is 15.8 Å². The van der Waals surface area contributed by atoms with Crippen molar-refractivity contribution in [3.8, 4) is 5.88 Å². The van der Waals surface area contributed by atoms with E-state index in [1.165, 1.54) is 12.8 Å². The Morgan fingerprint density at radius 2 is 2.37 bits per heavy atom. The number of hydrogen-bond acceptors (Lipinski definition) is 5. The monoisotopic (exact) mass is 264 g/mol. The summed E-state index contributed by atoms with van der Waals surface area (Å²) in [6.45, 7) is 5.44. The molecule has 0 spiro atoms. The van der Waals surface area contributed by atoms with E-state index in [-0.39, 0.29) is 5.54 Å². The third-order valence-electron chi connectivity index (χ3n) is 3.78. The van der Waals surface area contributed by atoms with Gasteiger partial charge in [-0.15, -0.1) is 0 Å².